The summed E-state index contributed by atoms with van der Waals surface area (Å²) in [5, 5.41) is 64.0. The molecule has 20 nitrogen and oxygen atoms in total. The van der Waals surface area contributed by atoms with E-state index in [4.69, 9.17) is 38.4 Å². The van der Waals surface area contributed by atoms with E-state index in [2.05, 4.69) is 39.5 Å². The van der Waals surface area contributed by atoms with Gasteiger partial charge in [0, 0.05) is 76.6 Å². The highest BCUT2D eigenvalue weighted by Gasteiger charge is 2.53. The number of aliphatic hydroxyl groups excluding tert-OH is 3. The van der Waals surface area contributed by atoms with Crippen LogP contribution in [0.1, 0.15) is 156 Å². The van der Waals surface area contributed by atoms with Gasteiger partial charge in [0.05, 0.1) is 53.8 Å². The molecule has 0 spiro atoms. The third-order valence-electron chi connectivity index (χ3n) is 16.4. The van der Waals surface area contributed by atoms with Gasteiger partial charge in [-0.05, 0) is 84.9 Å². The van der Waals surface area contributed by atoms with Gasteiger partial charge in [0.25, 0.3) is 0 Å². The molecule has 0 aliphatic carbocycles. The zero-order valence-corrected chi connectivity index (χ0v) is 46.7. The van der Waals surface area contributed by atoms with Crippen LogP contribution in [0, 0.1) is 17.8 Å². The maximum Gasteiger partial charge on any atom is 0.308 e. The van der Waals surface area contributed by atoms with Gasteiger partial charge in [-0.1, -0.05) is 82.9 Å². The molecule has 20 heteroatoms. The molecule has 4 unspecified atom stereocenters. The van der Waals surface area contributed by atoms with E-state index < -0.39 is 102 Å². The number of amides is 1. The normalized spacial score (nSPS) is 36.5. The zero-order chi connectivity index (χ0) is 55.4. The van der Waals surface area contributed by atoms with Crippen LogP contribution in [-0.2, 0) is 67.1 Å². The predicted molar refractivity (Wildman–Crippen MR) is 276 cm³/mol. The highest BCUT2D eigenvalue weighted by atomic mass is 16.7. The maximum absolute atomic E-state index is 14.2. The molecular weight excluding hydrogens is 971 g/mol. The Bertz CT molecular complexity index is 2100. The van der Waals surface area contributed by atoms with Gasteiger partial charge < -0.3 is 53.6 Å². The van der Waals surface area contributed by atoms with Gasteiger partial charge in [0.1, 0.15) is 29.7 Å². The van der Waals surface area contributed by atoms with Crippen LogP contribution in [0.4, 0.5) is 0 Å². The summed E-state index contributed by atoms with van der Waals surface area (Å²) in [6, 6.07) is 7.87. The number of hydrogen-bond donors (Lipinski definition) is 6. The van der Waals surface area contributed by atoms with Gasteiger partial charge in [0.2, 0.25) is 5.91 Å². The van der Waals surface area contributed by atoms with Crippen molar-refractivity contribution in [3.8, 4) is 0 Å². The summed E-state index contributed by atoms with van der Waals surface area (Å²) in [6.45, 7) is 16.7. The highest BCUT2D eigenvalue weighted by molar-refractivity contribution is 5.83. The SMILES string of the molecule is CCC1OC(=O)C[C@H](OC2C[C@@](C)(OC)[C@@H](O)[C@H](C)O2)[C@H](C)C(OC2O[C@H](C)C[C@H](N(C)Cc3ccc(Cc4cn(CCCCCCCCC(=O)NO)nn4)cc3)[C@H]2O)[C@@](C)(OC)C[C@@H](C)C(=O)[C@H](C)[C@@H](O)[C@]1(C)O. The third-order valence-corrected chi connectivity index (χ3v) is 16.4. The molecule has 17 atom stereocenters. The van der Waals surface area contributed by atoms with E-state index in [9.17, 15) is 34.8 Å². The standard InChI is InChI=1S/C55H91N5O15/c1-13-43-55(9,67)49(65)36(5)47(63)33(2)29-54(8,70-12)51(35(4)42(28-45(62)74-43)73-46-30-53(7,69-11)50(66)37(6)72-46)75-52-48(64)41(26-34(3)71-52)59(10)31-39-23-21-38(22-24-39)27-40-32-60(58-56-40)25-19-17-15-14-16-18-20-44(61)57-68/h21-24,32-37,41-43,46,48-52,64-68H,13-20,25-31H2,1-12H3,(H,57,61)/t33-,34-,35+,36+,37+,41+,42+,43?,46?,48-,49-,50+,51?,52?,53-,54+,55-/m1/s1. The number of hydrogen-bond acceptors (Lipinski definition) is 18. The first-order valence-electron chi connectivity index (χ1n) is 27.2. The quantitative estimate of drug-likeness (QED) is 0.0407. The Hall–Kier alpha value is -3.51. The third kappa shape index (κ3) is 16.3. The molecule has 0 radical (unpaired) electrons. The summed E-state index contributed by atoms with van der Waals surface area (Å²) in [5.41, 5.74) is 0.296. The lowest BCUT2D eigenvalue weighted by Crippen LogP contribution is -2.61. The average Bonchev–Trinajstić information content (AvgIpc) is 3.83. The number of unbranched alkanes of at least 4 members (excludes halogenated alkanes) is 5. The van der Waals surface area contributed by atoms with Crippen molar-refractivity contribution in [3.05, 3.63) is 47.3 Å². The van der Waals surface area contributed by atoms with E-state index in [1.54, 1.807) is 47.0 Å². The lowest BCUT2D eigenvalue weighted by molar-refractivity contribution is -0.317. The topological polar surface area (TPSA) is 263 Å². The average molecular weight is 1060 g/mol. The predicted octanol–water partition coefficient (Wildman–Crippen LogP) is 5.18. The number of aliphatic hydroxyl groups is 4. The van der Waals surface area contributed by atoms with E-state index in [1.165, 1.54) is 21.1 Å². The van der Waals surface area contributed by atoms with Gasteiger partial charge in [0.15, 0.2) is 12.6 Å². The summed E-state index contributed by atoms with van der Waals surface area (Å²) in [6.07, 6.45) is -0.976. The molecule has 1 aromatic carbocycles. The van der Waals surface area contributed by atoms with Crippen LogP contribution >= 0.6 is 0 Å². The van der Waals surface area contributed by atoms with Gasteiger partial charge in [-0.2, -0.15) is 0 Å². The van der Waals surface area contributed by atoms with Crippen molar-refractivity contribution in [3.63, 3.8) is 0 Å². The molecule has 3 aliphatic heterocycles. The van der Waals surface area contributed by atoms with Crippen molar-refractivity contribution in [2.45, 2.75) is 243 Å². The van der Waals surface area contributed by atoms with E-state index in [1.807, 2.05) is 31.8 Å². The summed E-state index contributed by atoms with van der Waals surface area (Å²) in [4.78, 5) is 41.7. The number of aromatic nitrogens is 3. The smallest absolute Gasteiger partial charge is 0.308 e. The number of carbonyl (C=O) groups excluding carboxylic acids is 3. The molecule has 3 saturated heterocycles. The van der Waals surface area contributed by atoms with Gasteiger partial charge in [-0.25, -0.2) is 5.48 Å². The lowest BCUT2D eigenvalue weighted by atomic mass is 9.74. The van der Waals surface area contributed by atoms with Crippen molar-refractivity contribution in [2.75, 3.05) is 21.3 Å². The molecule has 426 valence electrons. The largest absolute Gasteiger partial charge is 0.459 e. The molecule has 1 amide bonds. The molecule has 1 aromatic heterocycles. The number of rotatable bonds is 21. The minimum Gasteiger partial charge on any atom is -0.459 e. The van der Waals surface area contributed by atoms with Gasteiger partial charge in [-0.3, -0.25) is 29.2 Å². The summed E-state index contributed by atoms with van der Waals surface area (Å²) >= 11 is 0. The lowest BCUT2D eigenvalue weighted by Gasteiger charge is -2.49. The second kappa shape index (κ2) is 27.9. The van der Waals surface area contributed by atoms with Crippen molar-refractivity contribution in [1.82, 2.24) is 25.4 Å². The number of cyclic esters (lactones) is 1. The number of hydroxylamine groups is 1. The van der Waals surface area contributed by atoms with Crippen molar-refractivity contribution in [1.29, 1.82) is 0 Å². The van der Waals surface area contributed by atoms with Crippen LogP contribution in [-0.4, -0.2) is 169 Å². The molecule has 3 fully saturated rings. The Balaban J connectivity index is 1.34. The molecule has 75 heavy (non-hydrogen) atoms. The fourth-order valence-electron chi connectivity index (χ4n) is 11.4. The number of aryl methyl sites for hydroxylation is 1. The van der Waals surface area contributed by atoms with E-state index in [-0.39, 0.29) is 43.5 Å². The Morgan fingerprint density at radius 3 is 2.16 bits per heavy atom. The van der Waals surface area contributed by atoms with E-state index in [0.29, 0.717) is 25.8 Å². The number of esters is 1. The van der Waals surface area contributed by atoms with E-state index in [0.717, 1.165) is 61.9 Å². The van der Waals surface area contributed by atoms with Crippen molar-refractivity contribution < 1.29 is 73.2 Å². The number of benzene rings is 1. The molecule has 0 bridgehead atoms. The number of nitrogens with zero attached hydrogens (tertiary/aromatic N) is 4. The Labute approximate surface area is 444 Å². The Kier molecular flexibility index (Phi) is 23.2. The van der Waals surface area contributed by atoms with Crippen molar-refractivity contribution in [2.24, 2.45) is 17.8 Å². The first-order valence-corrected chi connectivity index (χ1v) is 27.2. The Morgan fingerprint density at radius 1 is 0.880 bits per heavy atom. The number of carbonyl (C=O) groups is 3. The summed E-state index contributed by atoms with van der Waals surface area (Å²) < 4.78 is 46.4. The molecule has 3 aliphatic rings. The maximum atomic E-state index is 14.2. The number of methoxy groups -OCH3 is 2. The van der Waals surface area contributed by atoms with E-state index >= 15 is 0 Å². The Morgan fingerprint density at radius 2 is 1.52 bits per heavy atom. The monoisotopic (exact) mass is 1060 g/mol. The molecule has 5 rings (SSSR count). The number of likely N-dealkylation sites (N-methyl/N-ethyl adjacent to an activating group) is 1. The second-order valence-electron chi connectivity index (χ2n) is 22.5. The highest BCUT2D eigenvalue weighted by Crippen LogP contribution is 2.41. The van der Waals surface area contributed by atoms with Crippen molar-refractivity contribution >= 4 is 17.7 Å². The number of Topliss-reactive ketones (excluding diaryl/α,β-unsaturated/α-hetero) is 1. The minimum atomic E-state index is -1.99. The molecule has 0 saturated carbocycles. The number of ether oxygens (including phenoxy) is 7. The first-order chi connectivity index (χ1) is 35.4. The summed E-state index contributed by atoms with van der Waals surface area (Å²) in [7, 11) is 4.96. The molecule has 2 aromatic rings. The van der Waals surface area contributed by atoms with Crippen LogP contribution in [0.5, 0.6) is 0 Å². The molecule has 4 heterocycles. The zero-order valence-electron chi connectivity index (χ0n) is 46.7. The van der Waals surface area contributed by atoms with Crippen LogP contribution < -0.4 is 5.48 Å². The fraction of sp³-hybridized carbons (Fsp3) is 0.800. The second-order valence-corrected chi connectivity index (χ2v) is 22.5. The number of ketones is 1. The molecular formula is C55H91N5O15. The summed E-state index contributed by atoms with van der Waals surface area (Å²) in [5.74, 6) is -3.98. The number of nitrogens with one attached hydrogen (secondary N) is 1. The van der Waals surface area contributed by atoms with Crippen LogP contribution in [0.2, 0.25) is 0 Å². The fourth-order valence-corrected chi connectivity index (χ4v) is 11.4. The van der Waals surface area contributed by atoms with Crippen LogP contribution in [0.3, 0.4) is 0 Å². The molecule has 6 N–H and O–H groups in total. The van der Waals surface area contributed by atoms with Crippen LogP contribution in [0.15, 0.2) is 30.5 Å². The van der Waals surface area contributed by atoms with Gasteiger partial charge in [-0.15, -0.1) is 5.10 Å². The van der Waals surface area contributed by atoms with Gasteiger partial charge >= 0.3 is 5.97 Å². The minimum absolute atomic E-state index is 0.0743. The first kappa shape index (κ1) is 62.3. The van der Waals surface area contributed by atoms with Crippen LogP contribution in [0.25, 0.3) is 0 Å².